The number of unbranched alkanes of at least 4 members (excludes halogenated alkanes) is 4. The van der Waals surface area contributed by atoms with Gasteiger partial charge in [0.25, 0.3) is 0 Å². The molecule has 4 heterocycles. The van der Waals surface area contributed by atoms with Crippen molar-refractivity contribution in [2.75, 3.05) is 54.5 Å². The van der Waals surface area contributed by atoms with Gasteiger partial charge in [-0.3, -0.25) is 19.4 Å². The molecule has 4 atom stereocenters. The molecule has 0 saturated heterocycles. The molecule has 0 bridgehead atoms. The first-order valence-corrected chi connectivity index (χ1v) is 20.4. The Morgan fingerprint density at radius 2 is 0.983 bits per heavy atom. The van der Waals surface area contributed by atoms with Gasteiger partial charge in [-0.05, 0) is 102 Å². The van der Waals surface area contributed by atoms with E-state index in [1.54, 1.807) is 73.9 Å². The van der Waals surface area contributed by atoms with E-state index in [0.29, 0.717) is 68.4 Å². The number of methoxy groups -OCH3 is 2. The summed E-state index contributed by atoms with van der Waals surface area (Å²) in [7, 11) is 6.84. The van der Waals surface area contributed by atoms with Gasteiger partial charge in [0.15, 0.2) is 36.4 Å². The van der Waals surface area contributed by atoms with E-state index >= 15 is 0 Å². The summed E-state index contributed by atoms with van der Waals surface area (Å²) in [6.07, 6.45) is 9.04. The van der Waals surface area contributed by atoms with E-state index in [-0.39, 0.29) is 42.5 Å². The van der Waals surface area contributed by atoms with Gasteiger partial charge in [0.1, 0.15) is 23.1 Å². The van der Waals surface area contributed by atoms with Crippen LogP contribution >= 0.6 is 0 Å². The van der Waals surface area contributed by atoms with Crippen molar-refractivity contribution in [1.29, 1.82) is 0 Å². The zero-order valence-corrected chi connectivity index (χ0v) is 35.9. The van der Waals surface area contributed by atoms with Crippen LogP contribution in [0.25, 0.3) is 0 Å². The lowest BCUT2D eigenvalue weighted by Gasteiger charge is -2.32. The molecule has 2 amide bonds. The van der Waals surface area contributed by atoms with Crippen LogP contribution in [0, 0.1) is 0 Å². The van der Waals surface area contributed by atoms with Crippen molar-refractivity contribution in [3.63, 3.8) is 0 Å². The standard InChI is InChI=1S/C24H36N2O6.C20H28N2O6/c1-19(27)11-5-6-14-22(28)26(24(30)21-13-10-18-32-21)16-8-4-3-7-15-25(2)23(29)20-12-9-17-31-20;1-15(23)9-10-18(24)22(20(26-4)17-8-6-14-28-17)12-11-21(2)19(25-3)16-7-5-13-27-16/h9-10,12-13,17-18,23-24,29-30H,3-8,11,14-16H2,1-2H3;5-8,13-14,19-20H,9-12H2,1-4H3. The Labute approximate surface area is 353 Å². The van der Waals surface area contributed by atoms with Crippen molar-refractivity contribution in [3.8, 4) is 0 Å². The Hall–Kier alpha value is -4.84. The third kappa shape index (κ3) is 16.7. The van der Waals surface area contributed by atoms with Gasteiger partial charge in [-0.15, -0.1) is 0 Å². The number of aliphatic hydroxyl groups excluding tert-OH is 2. The molecule has 0 fully saturated rings. The van der Waals surface area contributed by atoms with E-state index in [9.17, 15) is 29.4 Å². The van der Waals surface area contributed by atoms with Crippen LogP contribution in [0.2, 0.25) is 0 Å². The fourth-order valence-electron chi connectivity index (χ4n) is 6.50. The number of Topliss-reactive ketones (excluding diaryl/α,β-unsaturated/α-hetero) is 2. The van der Waals surface area contributed by atoms with Crippen molar-refractivity contribution in [2.45, 2.75) is 103 Å². The number of likely N-dealkylation sites (N-methyl/N-ethyl adjacent to an activating group) is 1. The van der Waals surface area contributed by atoms with Gasteiger partial charge in [-0.25, -0.2) is 0 Å². The van der Waals surface area contributed by atoms with Gasteiger partial charge < -0.3 is 56.7 Å². The second-order valence-electron chi connectivity index (χ2n) is 14.6. The smallest absolute Gasteiger partial charge is 0.225 e. The maximum atomic E-state index is 12.8. The Kier molecular flexibility index (Phi) is 22.4. The van der Waals surface area contributed by atoms with Crippen LogP contribution in [-0.4, -0.2) is 108 Å². The molecule has 60 heavy (non-hydrogen) atoms. The highest BCUT2D eigenvalue weighted by molar-refractivity contribution is 5.83. The van der Waals surface area contributed by atoms with Crippen LogP contribution in [0.15, 0.2) is 91.3 Å². The van der Waals surface area contributed by atoms with Crippen LogP contribution in [0.5, 0.6) is 0 Å². The SMILES string of the molecule is CC(=O)CCCCC(=O)N(CCCCCCN(C)C(O)c1ccco1)C(O)c1ccco1.COC(c1ccco1)N(C)CCN(C(=O)CCC(C)=O)C(OC)c1ccco1. The molecule has 2 N–H and O–H groups in total. The summed E-state index contributed by atoms with van der Waals surface area (Å²) in [5.74, 6) is 1.83. The van der Waals surface area contributed by atoms with Crippen LogP contribution in [0.1, 0.15) is 126 Å². The van der Waals surface area contributed by atoms with Gasteiger partial charge >= 0.3 is 0 Å². The minimum Gasteiger partial charge on any atom is -0.465 e. The van der Waals surface area contributed by atoms with E-state index < -0.39 is 18.7 Å². The minimum absolute atomic E-state index is 0.0327. The minimum atomic E-state index is -1.11. The molecule has 332 valence electrons. The molecular weight excluding hydrogens is 776 g/mol. The van der Waals surface area contributed by atoms with Crippen molar-refractivity contribution in [1.82, 2.24) is 19.6 Å². The number of hydrogen-bond acceptors (Lipinski definition) is 14. The van der Waals surface area contributed by atoms with Crippen molar-refractivity contribution >= 4 is 23.4 Å². The van der Waals surface area contributed by atoms with E-state index in [4.69, 9.17) is 27.1 Å². The summed E-state index contributed by atoms with van der Waals surface area (Å²) in [5.41, 5.74) is 0. The highest BCUT2D eigenvalue weighted by atomic mass is 16.5. The number of amides is 2. The van der Waals surface area contributed by atoms with Crippen LogP contribution in [0.4, 0.5) is 0 Å². The molecule has 16 nitrogen and oxygen atoms in total. The third-order valence-electron chi connectivity index (χ3n) is 9.87. The first-order valence-electron chi connectivity index (χ1n) is 20.4. The van der Waals surface area contributed by atoms with Gasteiger partial charge in [0.2, 0.25) is 11.8 Å². The zero-order valence-electron chi connectivity index (χ0n) is 35.9. The number of rotatable bonds is 28. The number of nitrogens with zero attached hydrogens (tertiary/aromatic N) is 4. The molecule has 0 saturated carbocycles. The molecule has 0 aliphatic carbocycles. The highest BCUT2D eigenvalue weighted by Gasteiger charge is 2.29. The fourth-order valence-corrected chi connectivity index (χ4v) is 6.50. The summed E-state index contributed by atoms with van der Waals surface area (Å²) in [6, 6.07) is 14.0. The van der Waals surface area contributed by atoms with Crippen molar-refractivity contribution < 1.29 is 56.5 Å². The number of ether oxygens (including phenoxy) is 2. The maximum Gasteiger partial charge on any atom is 0.225 e. The second-order valence-corrected chi connectivity index (χ2v) is 14.6. The Morgan fingerprint density at radius 3 is 1.48 bits per heavy atom. The molecule has 0 aromatic carbocycles. The summed E-state index contributed by atoms with van der Waals surface area (Å²) >= 11 is 0. The Balaban J connectivity index is 0.000000323. The Bertz CT molecular complexity index is 1740. The third-order valence-corrected chi connectivity index (χ3v) is 9.87. The number of carbonyl (C=O) groups excluding carboxylic acids is 4. The summed E-state index contributed by atoms with van der Waals surface area (Å²) in [6.45, 7) is 5.01. The quantitative estimate of drug-likeness (QED) is 0.0438. The monoisotopic (exact) mass is 840 g/mol. The van der Waals surface area contributed by atoms with Gasteiger partial charge in [0, 0.05) is 66.1 Å². The molecule has 0 aliphatic heterocycles. The maximum absolute atomic E-state index is 12.8. The van der Waals surface area contributed by atoms with Crippen molar-refractivity contribution in [3.05, 3.63) is 96.6 Å². The zero-order chi connectivity index (χ0) is 43.9. The number of aliphatic hydroxyl groups is 2. The number of hydrogen-bond donors (Lipinski definition) is 2. The molecule has 4 aromatic heterocycles. The number of ketones is 2. The van der Waals surface area contributed by atoms with E-state index in [0.717, 1.165) is 32.2 Å². The number of carbonyl (C=O) groups is 4. The summed E-state index contributed by atoms with van der Waals surface area (Å²) < 4.78 is 32.4. The second kappa shape index (κ2) is 27.1. The van der Waals surface area contributed by atoms with Gasteiger partial charge in [0.05, 0.1) is 25.1 Å². The molecule has 4 rings (SSSR count). The normalized spacial score (nSPS) is 13.4. The lowest BCUT2D eigenvalue weighted by molar-refractivity contribution is -0.148. The average Bonchev–Trinajstić information content (AvgIpc) is 4.09. The number of furan rings is 4. The predicted octanol–water partition coefficient (Wildman–Crippen LogP) is 7.02. The lowest BCUT2D eigenvalue weighted by atomic mass is 10.1. The molecule has 4 unspecified atom stereocenters. The van der Waals surface area contributed by atoms with E-state index in [2.05, 4.69) is 0 Å². The first kappa shape index (κ1) is 49.5. The van der Waals surface area contributed by atoms with Gasteiger partial charge in [-0.2, -0.15) is 0 Å². The topological polar surface area (TPSA) is 193 Å². The van der Waals surface area contributed by atoms with Crippen LogP contribution in [0.3, 0.4) is 0 Å². The first-order chi connectivity index (χ1) is 28.9. The van der Waals surface area contributed by atoms with Crippen molar-refractivity contribution in [2.24, 2.45) is 0 Å². The summed E-state index contributed by atoms with van der Waals surface area (Å²) in [5, 5.41) is 20.8. The van der Waals surface area contributed by atoms with Gasteiger partial charge in [-0.1, -0.05) is 12.8 Å². The fraction of sp³-hybridized carbons (Fsp3) is 0.545. The molecule has 4 aromatic rings. The molecule has 0 aliphatic rings. The average molecular weight is 841 g/mol. The molecule has 16 heteroatoms. The van der Waals surface area contributed by atoms with Crippen LogP contribution in [-0.2, 0) is 28.7 Å². The Morgan fingerprint density at radius 1 is 0.517 bits per heavy atom. The largest absolute Gasteiger partial charge is 0.465 e. The molecule has 0 spiro atoms. The summed E-state index contributed by atoms with van der Waals surface area (Å²) in [4.78, 5) is 54.7. The lowest BCUT2D eigenvalue weighted by Crippen LogP contribution is -2.41. The highest BCUT2D eigenvalue weighted by Crippen LogP contribution is 2.26. The molecular formula is C44H64N4O12. The van der Waals surface area contributed by atoms with E-state index in [1.807, 2.05) is 30.0 Å². The van der Waals surface area contributed by atoms with E-state index in [1.165, 1.54) is 31.5 Å². The molecule has 0 radical (unpaired) electrons. The van der Waals surface area contributed by atoms with Crippen LogP contribution < -0.4 is 0 Å². The predicted molar refractivity (Wildman–Crippen MR) is 220 cm³/mol.